The van der Waals surface area contributed by atoms with E-state index in [0.29, 0.717) is 5.95 Å². The number of tetrazole rings is 1. The summed E-state index contributed by atoms with van der Waals surface area (Å²) in [6.45, 7) is 0. The Morgan fingerprint density at radius 2 is 2.57 bits per heavy atom. The van der Waals surface area contributed by atoms with E-state index in [-0.39, 0.29) is 0 Å². The van der Waals surface area contributed by atoms with Crippen LogP contribution in [-0.4, -0.2) is 15.5 Å². The Hall–Kier alpha value is -1.13. The van der Waals surface area contributed by atoms with Gasteiger partial charge < -0.3 is 5.73 Å². The fourth-order valence-electron chi connectivity index (χ4n) is 0.259. The average molecular weight is 100 g/mol. The summed E-state index contributed by atoms with van der Waals surface area (Å²) >= 11 is 0. The lowest BCUT2D eigenvalue weighted by Crippen LogP contribution is -2.33. The van der Waals surface area contributed by atoms with E-state index >= 15 is 0 Å². The molecule has 0 aliphatic carbocycles. The molecule has 0 spiro atoms. The number of nitrogens with zero attached hydrogens (tertiary/aromatic N) is 3. The second-order valence-electron chi connectivity index (χ2n) is 1.22. The molecule has 0 fully saturated rings. The highest BCUT2D eigenvalue weighted by Gasteiger charge is 1.98. The molecular formula is C2H6N5+. The molecule has 0 aliphatic heterocycles. The van der Waals surface area contributed by atoms with Crippen molar-refractivity contribution >= 4 is 5.95 Å². The Kier molecular flexibility index (Phi) is 0.680. The van der Waals surface area contributed by atoms with Crippen molar-refractivity contribution < 1.29 is 4.68 Å². The minimum Gasteiger partial charge on any atom is -0.304 e. The highest BCUT2D eigenvalue weighted by Crippen LogP contribution is 1.69. The predicted octanol–water partition coefficient (Wildman–Crippen LogP) is -1.79. The van der Waals surface area contributed by atoms with Crippen LogP contribution < -0.4 is 10.4 Å². The van der Waals surface area contributed by atoms with Crippen LogP contribution in [0.4, 0.5) is 5.95 Å². The van der Waals surface area contributed by atoms with Crippen LogP contribution >= 0.6 is 0 Å². The maximum Gasteiger partial charge on any atom is 0.397 e. The third-order valence-electron chi connectivity index (χ3n) is 0.691. The van der Waals surface area contributed by atoms with E-state index in [2.05, 4.69) is 15.5 Å². The summed E-state index contributed by atoms with van der Waals surface area (Å²) in [4.78, 5) is 0. The molecule has 0 unspecified atom stereocenters. The normalized spacial score (nSPS) is 9.29. The SMILES string of the molecule is C[n+]1[nH]nnc1N. The number of aromatic amines is 1. The summed E-state index contributed by atoms with van der Waals surface area (Å²) in [7, 11) is 1.73. The summed E-state index contributed by atoms with van der Waals surface area (Å²) < 4.78 is 1.51. The summed E-state index contributed by atoms with van der Waals surface area (Å²) in [6.07, 6.45) is 0. The third-order valence-corrected chi connectivity index (χ3v) is 0.691. The lowest BCUT2D eigenvalue weighted by atomic mass is 11.0. The molecule has 0 aliphatic rings. The van der Waals surface area contributed by atoms with Gasteiger partial charge in [-0.15, -0.1) is 5.21 Å². The molecule has 0 atom stereocenters. The van der Waals surface area contributed by atoms with Crippen LogP contribution in [0.15, 0.2) is 0 Å². The molecule has 3 N–H and O–H groups in total. The molecule has 38 valence electrons. The van der Waals surface area contributed by atoms with Gasteiger partial charge >= 0.3 is 5.95 Å². The second kappa shape index (κ2) is 1.18. The second-order valence-corrected chi connectivity index (χ2v) is 1.22. The predicted molar refractivity (Wildman–Crippen MR) is 22.0 cm³/mol. The van der Waals surface area contributed by atoms with Crippen molar-refractivity contribution in [3.8, 4) is 0 Å². The molecule has 0 amide bonds. The summed E-state index contributed by atoms with van der Waals surface area (Å²) in [5.41, 5.74) is 5.20. The number of hydrogen-bond donors (Lipinski definition) is 2. The van der Waals surface area contributed by atoms with Gasteiger partial charge in [-0.3, -0.25) is 0 Å². The Labute approximate surface area is 40.1 Å². The first-order chi connectivity index (χ1) is 3.30. The summed E-state index contributed by atoms with van der Waals surface area (Å²) in [6, 6.07) is 0. The number of nitrogens with one attached hydrogen (secondary N) is 1. The molecule has 0 saturated heterocycles. The van der Waals surface area contributed by atoms with Crippen LogP contribution in [0.5, 0.6) is 0 Å². The fourth-order valence-corrected chi connectivity index (χ4v) is 0.259. The molecule has 0 saturated carbocycles. The van der Waals surface area contributed by atoms with Gasteiger partial charge in [0.25, 0.3) is 0 Å². The largest absolute Gasteiger partial charge is 0.397 e. The van der Waals surface area contributed by atoms with Crippen LogP contribution in [0.3, 0.4) is 0 Å². The minimum absolute atomic E-state index is 0.389. The number of nitrogens with two attached hydrogens (primary N) is 1. The first-order valence-corrected chi connectivity index (χ1v) is 1.83. The number of H-pyrrole nitrogens is 1. The quantitative estimate of drug-likeness (QED) is 0.378. The molecule has 1 aromatic heterocycles. The van der Waals surface area contributed by atoms with E-state index in [9.17, 15) is 0 Å². The number of rotatable bonds is 0. The van der Waals surface area contributed by atoms with Gasteiger partial charge in [0.1, 0.15) is 5.21 Å². The number of anilines is 1. The zero-order valence-corrected chi connectivity index (χ0v) is 3.92. The van der Waals surface area contributed by atoms with Gasteiger partial charge in [0.15, 0.2) is 0 Å². The molecular weight excluding hydrogens is 94.1 g/mol. The molecule has 7 heavy (non-hydrogen) atoms. The van der Waals surface area contributed by atoms with Crippen LogP contribution in [0.1, 0.15) is 0 Å². The number of aryl methyl sites for hydroxylation is 1. The molecule has 1 aromatic rings. The number of aromatic nitrogens is 4. The zero-order valence-electron chi connectivity index (χ0n) is 3.92. The van der Waals surface area contributed by atoms with Gasteiger partial charge in [-0.05, 0) is 0 Å². The van der Waals surface area contributed by atoms with E-state index in [0.717, 1.165) is 0 Å². The van der Waals surface area contributed by atoms with Gasteiger partial charge in [0.2, 0.25) is 0 Å². The number of nitrogen functional groups attached to an aromatic ring is 1. The first-order valence-electron chi connectivity index (χ1n) is 1.83. The van der Waals surface area contributed by atoms with Crippen molar-refractivity contribution in [3.05, 3.63) is 0 Å². The Morgan fingerprint density at radius 3 is 2.71 bits per heavy atom. The fraction of sp³-hybridized carbons (Fsp3) is 0.500. The molecule has 1 rings (SSSR count). The van der Waals surface area contributed by atoms with Crippen molar-refractivity contribution in [3.63, 3.8) is 0 Å². The average Bonchev–Trinajstić information content (AvgIpc) is 1.91. The first kappa shape index (κ1) is 4.04. The van der Waals surface area contributed by atoms with Gasteiger partial charge in [0, 0.05) is 0 Å². The van der Waals surface area contributed by atoms with Crippen LogP contribution in [0, 0.1) is 0 Å². The van der Waals surface area contributed by atoms with Crippen LogP contribution in [0.25, 0.3) is 0 Å². The van der Waals surface area contributed by atoms with E-state index in [1.54, 1.807) is 7.05 Å². The van der Waals surface area contributed by atoms with E-state index in [1.807, 2.05) is 0 Å². The van der Waals surface area contributed by atoms with Crippen molar-refractivity contribution in [2.75, 3.05) is 5.73 Å². The maximum absolute atomic E-state index is 5.20. The van der Waals surface area contributed by atoms with Crippen molar-refractivity contribution in [1.82, 2.24) is 15.5 Å². The maximum atomic E-state index is 5.20. The Balaban J connectivity index is 3.12. The van der Waals surface area contributed by atoms with Crippen molar-refractivity contribution in [2.24, 2.45) is 7.05 Å². The van der Waals surface area contributed by atoms with Gasteiger partial charge in [0.05, 0.1) is 12.1 Å². The third kappa shape index (κ3) is 0.510. The van der Waals surface area contributed by atoms with Gasteiger partial charge in [-0.2, -0.15) is 4.68 Å². The van der Waals surface area contributed by atoms with E-state index < -0.39 is 0 Å². The number of hydrogen-bond acceptors (Lipinski definition) is 3. The highest BCUT2D eigenvalue weighted by atomic mass is 15.6. The molecule has 0 aromatic carbocycles. The Morgan fingerprint density at radius 1 is 1.86 bits per heavy atom. The monoisotopic (exact) mass is 100 g/mol. The summed E-state index contributed by atoms with van der Waals surface area (Å²) in [5.74, 6) is 0.389. The topological polar surface area (TPSA) is 71.5 Å². The van der Waals surface area contributed by atoms with Crippen LogP contribution in [0.2, 0.25) is 0 Å². The highest BCUT2D eigenvalue weighted by molar-refractivity contribution is 4.97. The standard InChI is InChI=1S/C2H5N5/c1-7-2(3)4-5-6-7/h1H3,(H2,3,4,6)/p+1. The van der Waals surface area contributed by atoms with Gasteiger partial charge in [-0.1, -0.05) is 0 Å². The minimum atomic E-state index is 0.389. The van der Waals surface area contributed by atoms with Crippen LogP contribution in [-0.2, 0) is 7.05 Å². The van der Waals surface area contributed by atoms with Crippen molar-refractivity contribution in [1.29, 1.82) is 0 Å². The van der Waals surface area contributed by atoms with Crippen molar-refractivity contribution in [2.45, 2.75) is 0 Å². The van der Waals surface area contributed by atoms with E-state index in [4.69, 9.17) is 5.73 Å². The smallest absolute Gasteiger partial charge is 0.304 e. The molecule has 5 nitrogen and oxygen atoms in total. The lowest BCUT2D eigenvalue weighted by Gasteiger charge is -1.75. The molecule has 0 radical (unpaired) electrons. The van der Waals surface area contributed by atoms with Gasteiger partial charge in [-0.25, -0.2) is 0 Å². The zero-order chi connectivity index (χ0) is 5.28. The molecule has 1 heterocycles. The molecule has 5 heteroatoms. The Bertz CT molecular complexity index is 138. The summed E-state index contributed by atoms with van der Waals surface area (Å²) in [5, 5.41) is 9.33. The molecule has 0 bridgehead atoms. The van der Waals surface area contributed by atoms with E-state index in [1.165, 1.54) is 4.68 Å². The lowest BCUT2D eigenvalue weighted by molar-refractivity contribution is -0.717.